The van der Waals surface area contributed by atoms with Gasteiger partial charge in [0.1, 0.15) is 0 Å². The van der Waals surface area contributed by atoms with Crippen LogP contribution < -0.4 is 5.32 Å². The van der Waals surface area contributed by atoms with Crippen molar-refractivity contribution in [3.8, 4) is 0 Å². The molecule has 2 atom stereocenters. The zero-order valence-electron chi connectivity index (χ0n) is 9.64. The van der Waals surface area contributed by atoms with Gasteiger partial charge < -0.3 is 14.8 Å². The summed E-state index contributed by atoms with van der Waals surface area (Å²) in [6.07, 6.45) is 2.39. The number of rotatable bonds is 6. The molecule has 0 aromatic heterocycles. The van der Waals surface area contributed by atoms with Crippen LogP contribution in [0.4, 0.5) is 0 Å². The fourth-order valence-electron chi connectivity index (χ4n) is 1.65. The first-order valence-corrected chi connectivity index (χ1v) is 5.66. The van der Waals surface area contributed by atoms with Gasteiger partial charge in [-0.25, -0.2) is 0 Å². The van der Waals surface area contributed by atoms with E-state index >= 15 is 0 Å². The Balaban J connectivity index is 2.34. The Morgan fingerprint density at radius 3 is 2.79 bits per heavy atom. The molecule has 0 spiro atoms. The number of ether oxygens (including phenoxy) is 2. The monoisotopic (exact) mass is 201 g/mol. The predicted molar refractivity (Wildman–Crippen MR) is 57.5 cm³/mol. The molecule has 0 saturated carbocycles. The van der Waals surface area contributed by atoms with E-state index in [1.165, 1.54) is 0 Å². The quantitative estimate of drug-likeness (QED) is 0.707. The van der Waals surface area contributed by atoms with Gasteiger partial charge in [0.2, 0.25) is 0 Å². The van der Waals surface area contributed by atoms with Crippen LogP contribution in [-0.4, -0.2) is 38.0 Å². The molecule has 1 heterocycles. The molecule has 0 amide bonds. The number of hydrogen-bond acceptors (Lipinski definition) is 3. The van der Waals surface area contributed by atoms with Gasteiger partial charge in [-0.1, -0.05) is 13.8 Å². The zero-order valence-corrected chi connectivity index (χ0v) is 9.64. The molecular formula is C11H23NO2. The van der Waals surface area contributed by atoms with E-state index in [1.807, 2.05) is 0 Å². The lowest BCUT2D eigenvalue weighted by molar-refractivity contribution is -0.0834. The summed E-state index contributed by atoms with van der Waals surface area (Å²) in [5, 5.41) is 3.35. The molecule has 2 unspecified atom stereocenters. The van der Waals surface area contributed by atoms with Crippen molar-refractivity contribution < 1.29 is 9.47 Å². The van der Waals surface area contributed by atoms with Gasteiger partial charge in [-0.05, 0) is 26.3 Å². The summed E-state index contributed by atoms with van der Waals surface area (Å²) in [6, 6.07) is 0. The molecule has 0 aliphatic carbocycles. The fraction of sp³-hybridized carbons (Fsp3) is 1.00. The standard InChI is InChI=1S/C11H23NO2/c1-4-11(3,9-12-5-2)14-10-6-7-13-8-10/h10,12H,4-9H2,1-3H3. The Bertz CT molecular complexity index is 157. The average molecular weight is 201 g/mol. The Morgan fingerprint density at radius 2 is 2.29 bits per heavy atom. The van der Waals surface area contributed by atoms with E-state index in [1.54, 1.807) is 0 Å². The normalized spacial score (nSPS) is 26.4. The van der Waals surface area contributed by atoms with Gasteiger partial charge in [0.25, 0.3) is 0 Å². The van der Waals surface area contributed by atoms with E-state index in [2.05, 4.69) is 26.1 Å². The topological polar surface area (TPSA) is 30.5 Å². The van der Waals surface area contributed by atoms with E-state index < -0.39 is 0 Å². The molecule has 0 aromatic rings. The van der Waals surface area contributed by atoms with Crippen LogP contribution in [-0.2, 0) is 9.47 Å². The van der Waals surface area contributed by atoms with Gasteiger partial charge >= 0.3 is 0 Å². The largest absolute Gasteiger partial charge is 0.379 e. The van der Waals surface area contributed by atoms with Crippen molar-refractivity contribution in [3.05, 3.63) is 0 Å². The first kappa shape index (κ1) is 12.0. The van der Waals surface area contributed by atoms with E-state index in [4.69, 9.17) is 9.47 Å². The maximum Gasteiger partial charge on any atom is 0.0838 e. The third-order valence-electron chi connectivity index (χ3n) is 2.84. The fourth-order valence-corrected chi connectivity index (χ4v) is 1.65. The van der Waals surface area contributed by atoms with Crippen molar-refractivity contribution in [1.29, 1.82) is 0 Å². The van der Waals surface area contributed by atoms with E-state index in [0.29, 0.717) is 6.10 Å². The maximum atomic E-state index is 6.06. The van der Waals surface area contributed by atoms with Gasteiger partial charge in [0, 0.05) is 13.2 Å². The zero-order chi connectivity index (χ0) is 10.4. The van der Waals surface area contributed by atoms with Gasteiger partial charge in [-0.3, -0.25) is 0 Å². The summed E-state index contributed by atoms with van der Waals surface area (Å²) in [5.74, 6) is 0. The molecule has 0 radical (unpaired) electrons. The molecule has 1 aliphatic heterocycles. The van der Waals surface area contributed by atoms with Crippen LogP contribution in [0.3, 0.4) is 0 Å². The SMILES string of the molecule is CCNCC(C)(CC)OC1CCOC1. The van der Waals surface area contributed by atoms with Gasteiger partial charge in [-0.2, -0.15) is 0 Å². The average Bonchev–Trinajstić information content (AvgIpc) is 2.67. The second kappa shape index (κ2) is 5.69. The number of likely N-dealkylation sites (N-methyl/N-ethyl adjacent to an activating group) is 1. The van der Waals surface area contributed by atoms with Crippen LogP contribution >= 0.6 is 0 Å². The van der Waals surface area contributed by atoms with Crippen molar-refractivity contribution in [3.63, 3.8) is 0 Å². The second-order valence-electron chi connectivity index (χ2n) is 4.19. The van der Waals surface area contributed by atoms with Crippen molar-refractivity contribution in [2.75, 3.05) is 26.3 Å². The molecule has 1 aliphatic rings. The molecule has 84 valence electrons. The number of nitrogens with one attached hydrogen (secondary N) is 1. The molecule has 3 heteroatoms. The molecule has 1 fully saturated rings. The van der Waals surface area contributed by atoms with Crippen molar-refractivity contribution in [1.82, 2.24) is 5.32 Å². The molecule has 1 N–H and O–H groups in total. The van der Waals surface area contributed by atoms with E-state index in [0.717, 1.165) is 39.1 Å². The highest BCUT2D eigenvalue weighted by atomic mass is 16.6. The van der Waals surface area contributed by atoms with Crippen LogP contribution in [0.2, 0.25) is 0 Å². The van der Waals surface area contributed by atoms with Crippen LogP contribution in [0.5, 0.6) is 0 Å². The number of hydrogen-bond donors (Lipinski definition) is 1. The van der Waals surface area contributed by atoms with E-state index in [9.17, 15) is 0 Å². The minimum absolute atomic E-state index is 0.0334. The third-order valence-corrected chi connectivity index (χ3v) is 2.84. The Morgan fingerprint density at radius 1 is 1.50 bits per heavy atom. The summed E-state index contributed by atoms with van der Waals surface area (Å²) in [6.45, 7) is 10.0. The van der Waals surface area contributed by atoms with Crippen molar-refractivity contribution in [2.45, 2.75) is 45.3 Å². The molecule has 1 rings (SSSR count). The lowest BCUT2D eigenvalue weighted by Crippen LogP contribution is -2.42. The highest BCUT2D eigenvalue weighted by molar-refractivity contribution is 4.79. The van der Waals surface area contributed by atoms with E-state index in [-0.39, 0.29) is 5.60 Å². The Labute approximate surface area is 87.2 Å². The molecule has 1 saturated heterocycles. The first-order valence-electron chi connectivity index (χ1n) is 5.66. The molecule has 3 nitrogen and oxygen atoms in total. The maximum absolute atomic E-state index is 6.06. The van der Waals surface area contributed by atoms with Gasteiger partial charge in [0.15, 0.2) is 0 Å². The Kier molecular flexibility index (Phi) is 4.85. The van der Waals surface area contributed by atoms with Crippen LogP contribution in [0.15, 0.2) is 0 Å². The molecule has 0 aromatic carbocycles. The van der Waals surface area contributed by atoms with Gasteiger partial charge in [0.05, 0.1) is 18.3 Å². The predicted octanol–water partition coefficient (Wildman–Crippen LogP) is 1.57. The summed E-state index contributed by atoms with van der Waals surface area (Å²) in [5.41, 5.74) is -0.0334. The molecular weight excluding hydrogens is 178 g/mol. The summed E-state index contributed by atoms with van der Waals surface area (Å²) in [4.78, 5) is 0. The highest BCUT2D eigenvalue weighted by Gasteiger charge is 2.28. The summed E-state index contributed by atoms with van der Waals surface area (Å²) >= 11 is 0. The second-order valence-corrected chi connectivity index (χ2v) is 4.19. The lowest BCUT2D eigenvalue weighted by Gasteiger charge is -2.31. The molecule has 0 bridgehead atoms. The van der Waals surface area contributed by atoms with Crippen LogP contribution in [0.25, 0.3) is 0 Å². The summed E-state index contributed by atoms with van der Waals surface area (Å²) in [7, 11) is 0. The highest BCUT2D eigenvalue weighted by Crippen LogP contribution is 2.20. The molecule has 14 heavy (non-hydrogen) atoms. The Hall–Kier alpha value is -0.120. The van der Waals surface area contributed by atoms with Crippen LogP contribution in [0, 0.1) is 0 Å². The van der Waals surface area contributed by atoms with Crippen LogP contribution in [0.1, 0.15) is 33.6 Å². The van der Waals surface area contributed by atoms with Gasteiger partial charge in [-0.15, -0.1) is 0 Å². The lowest BCUT2D eigenvalue weighted by atomic mass is 10.0. The van der Waals surface area contributed by atoms with Crippen molar-refractivity contribution >= 4 is 0 Å². The third kappa shape index (κ3) is 3.56. The minimum atomic E-state index is -0.0334. The van der Waals surface area contributed by atoms with Crippen molar-refractivity contribution in [2.24, 2.45) is 0 Å². The summed E-state index contributed by atoms with van der Waals surface area (Å²) < 4.78 is 11.4. The first-order chi connectivity index (χ1) is 6.70. The minimum Gasteiger partial charge on any atom is -0.379 e. The smallest absolute Gasteiger partial charge is 0.0838 e.